The lowest BCUT2D eigenvalue weighted by molar-refractivity contribution is -0.142. The molecule has 2 aromatic rings. The van der Waals surface area contributed by atoms with E-state index in [1.165, 1.54) is 4.90 Å². The van der Waals surface area contributed by atoms with E-state index in [0.717, 1.165) is 16.7 Å². The Morgan fingerprint density at radius 2 is 1.74 bits per heavy atom. The number of halogens is 2. The minimum atomic E-state index is -0.705. The molecule has 0 aromatic heterocycles. The van der Waals surface area contributed by atoms with Gasteiger partial charge in [0.2, 0.25) is 5.91 Å². The van der Waals surface area contributed by atoms with E-state index in [-0.39, 0.29) is 25.0 Å². The second-order valence-corrected chi connectivity index (χ2v) is 9.56. The maximum atomic E-state index is 13.1. The Morgan fingerprint density at radius 1 is 1.06 bits per heavy atom. The Labute approximate surface area is 194 Å². The van der Waals surface area contributed by atoms with E-state index >= 15 is 0 Å². The summed E-state index contributed by atoms with van der Waals surface area (Å²) in [6, 6.07) is 10.3. The van der Waals surface area contributed by atoms with E-state index in [0.29, 0.717) is 15.8 Å². The van der Waals surface area contributed by atoms with Gasteiger partial charge in [-0.1, -0.05) is 41.4 Å². The normalized spacial score (nSPS) is 12.3. The fourth-order valence-electron chi connectivity index (χ4n) is 2.98. The number of nitrogens with zero attached hydrogens (tertiary/aromatic N) is 1. The van der Waals surface area contributed by atoms with Gasteiger partial charge in [0.1, 0.15) is 11.8 Å². The van der Waals surface area contributed by atoms with Gasteiger partial charge in [-0.15, -0.1) is 0 Å². The van der Waals surface area contributed by atoms with Gasteiger partial charge in [-0.25, -0.2) is 0 Å². The Morgan fingerprint density at radius 3 is 2.35 bits per heavy atom. The molecular weight excluding hydrogens is 435 g/mol. The zero-order valence-electron chi connectivity index (χ0n) is 18.9. The van der Waals surface area contributed by atoms with E-state index in [1.807, 2.05) is 52.8 Å². The number of benzene rings is 2. The number of hydrogen-bond donors (Lipinski definition) is 1. The monoisotopic (exact) mass is 464 g/mol. The first-order valence-corrected chi connectivity index (χ1v) is 10.9. The molecule has 0 unspecified atom stereocenters. The van der Waals surface area contributed by atoms with Crippen LogP contribution in [0.1, 0.15) is 44.4 Å². The van der Waals surface area contributed by atoms with Crippen molar-refractivity contribution in [2.75, 3.05) is 6.61 Å². The molecule has 0 bridgehead atoms. The van der Waals surface area contributed by atoms with Crippen LogP contribution in [0.3, 0.4) is 0 Å². The fourth-order valence-corrected chi connectivity index (χ4v) is 3.30. The third kappa shape index (κ3) is 7.44. The van der Waals surface area contributed by atoms with Crippen LogP contribution in [0.2, 0.25) is 10.0 Å². The maximum Gasteiger partial charge on any atom is 0.261 e. The molecule has 2 rings (SSSR count). The summed E-state index contributed by atoms with van der Waals surface area (Å²) in [4.78, 5) is 27.4. The molecule has 0 fully saturated rings. The number of rotatable bonds is 7. The number of ether oxygens (including phenoxy) is 1. The molecule has 0 aliphatic rings. The van der Waals surface area contributed by atoms with Crippen molar-refractivity contribution in [3.63, 3.8) is 0 Å². The van der Waals surface area contributed by atoms with Crippen molar-refractivity contribution in [2.24, 2.45) is 0 Å². The minimum Gasteiger partial charge on any atom is -0.483 e. The first kappa shape index (κ1) is 25.0. The Hall–Kier alpha value is -2.24. The molecule has 0 saturated carbocycles. The highest BCUT2D eigenvalue weighted by molar-refractivity contribution is 6.42. The fraction of sp³-hybridized carbons (Fsp3) is 0.417. The van der Waals surface area contributed by atoms with Gasteiger partial charge >= 0.3 is 0 Å². The van der Waals surface area contributed by atoms with Gasteiger partial charge in [0, 0.05) is 12.1 Å². The summed E-state index contributed by atoms with van der Waals surface area (Å²) >= 11 is 12.2. The topological polar surface area (TPSA) is 58.6 Å². The van der Waals surface area contributed by atoms with Crippen LogP contribution in [0.4, 0.5) is 0 Å². The molecule has 7 heteroatoms. The lowest BCUT2D eigenvalue weighted by Gasteiger charge is -2.31. The molecular formula is C24H30Cl2N2O3. The molecule has 168 valence electrons. The molecule has 0 spiro atoms. The standard InChI is InChI=1S/C24H30Cl2N2O3/c1-15-7-8-16(2)21(11-15)31-14-22(29)28(17(3)23(30)27-24(4,5)6)13-18-9-10-19(25)20(26)12-18/h7-12,17H,13-14H2,1-6H3,(H,27,30)/t17-/m1/s1. The lowest BCUT2D eigenvalue weighted by atomic mass is 10.1. The molecule has 0 saturated heterocycles. The predicted molar refractivity (Wildman–Crippen MR) is 126 cm³/mol. The Balaban J connectivity index is 2.24. The second kappa shape index (κ2) is 10.4. The summed E-state index contributed by atoms with van der Waals surface area (Å²) in [5, 5.41) is 3.75. The average molecular weight is 465 g/mol. The highest BCUT2D eigenvalue weighted by atomic mass is 35.5. The zero-order valence-corrected chi connectivity index (χ0v) is 20.4. The quantitative estimate of drug-likeness (QED) is 0.602. The van der Waals surface area contributed by atoms with Crippen LogP contribution < -0.4 is 10.1 Å². The van der Waals surface area contributed by atoms with Gasteiger partial charge in [-0.3, -0.25) is 9.59 Å². The lowest BCUT2D eigenvalue weighted by Crippen LogP contribution is -2.53. The second-order valence-electron chi connectivity index (χ2n) is 8.74. The molecule has 0 aliphatic carbocycles. The largest absolute Gasteiger partial charge is 0.483 e. The maximum absolute atomic E-state index is 13.1. The molecule has 31 heavy (non-hydrogen) atoms. The number of hydrogen-bond acceptors (Lipinski definition) is 3. The zero-order chi connectivity index (χ0) is 23.3. The third-order valence-electron chi connectivity index (χ3n) is 4.70. The number of carbonyl (C=O) groups excluding carboxylic acids is 2. The molecule has 2 amide bonds. The number of carbonyl (C=O) groups is 2. The summed E-state index contributed by atoms with van der Waals surface area (Å²) < 4.78 is 5.80. The van der Waals surface area contributed by atoms with Gasteiger partial charge < -0.3 is 15.0 Å². The molecule has 2 aromatic carbocycles. The molecule has 1 atom stereocenters. The van der Waals surface area contributed by atoms with Gasteiger partial charge in [0.05, 0.1) is 10.0 Å². The van der Waals surface area contributed by atoms with Crippen LogP contribution in [0.25, 0.3) is 0 Å². The van der Waals surface area contributed by atoms with Crippen molar-refractivity contribution in [2.45, 2.75) is 59.7 Å². The first-order valence-electron chi connectivity index (χ1n) is 10.1. The van der Waals surface area contributed by atoms with E-state index in [9.17, 15) is 9.59 Å². The highest BCUT2D eigenvalue weighted by Gasteiger charge is 2.29. The highest BCUT2D eigenvalue weighted by Crippen LogP contribution is 2.24. The van der Waals surface area contributed by atoms with Crippen molar-refractivity contribution in [1.82, 2.24) is 10.2 Å². The van der Waals surface area contributed by atoms with E-state index in [2.05, 4.69) is 5.32 Å². The van der Waals surface area contributed by atoms with Crippen molar-refractivity contribution in [1.29, 1.82) is 0 Å². The number of nitrogens with one attached hydrogen (secondary N) is 1. The van der Waals surface area contributed by atoms with E-state index in [4.69, 9.17) is 27.9 Å². The summed E-state index contributed by atoms with van der Waals surface area (Å²) in [7, 11) is 0. The number of aryl methyl sites for hydroxylation is 2. The van der Waals surface area contributed by atoms with E-state index < -0.39 is 11.6 Å². The van der Waals surface area contributed by atoms with Gasteiger partial charge in [0.15, 0.2) is 6.61 Å². The minimum absolute atomic E-state index is 0.182. The molecule has 0 radical (unpaired) electrons. The molecule has 1 N–H and O–H groups in total. The van der Waals surface area contributed by atoms with Gasteiger partial charge in [-0.2, -0.15) is 0 Å². The van der Waals surface area contributed by atoms with Crippen LogP contribution in [-0.4, -0.2) is 34.9 Å². The molecule has 0 heterocycles. The number of amides is 2. The van der Waals surface area contributed by atoms with E-state index in [1.54, 1.807) is 25.1 Å². The molecule has 0 aliphatic heterocycles. The van der Waals surface area contributed by atoms with Crippen molar-refractivity contribution in [3.05, 3.63) is 63.1 Å². The average Bonchev–Trinajstić information content (AvgIpc) is 2.67. The SMILES string of the molecule is Cc1ccc(C)c(OCC(=O)N(Cc2ccc(Cl)c(Cl)c2)[C@H](C)C(=O)NC(C)(C)C)c1. The van der Waals surface area contributed by atoms with Gasteiger partial charge in [-0.05, 0) is 76.4 Å². The predicted octanol–water partition coefficient (Wildman–Crippen LogP) is 5.32. The summed E-state index contributed by atoms with van der Waals surface area (Å²) in [6.07, 6.45) is 0. The van der Waals surface area contributed by atoms with Gasteiger partial charge in [0.25, 0.3) is 5.91 Å². The Bertz CT molecular complexity index is 954. The van der Waals surface area contributed by atoms with Crippen LogP contribution in [-0.2, 0) is 16.1 Å². The first-order chi connectivity index (χ1) is 14.4. The summed E-state index contributed by atoms with van der Waals surface area (Å²) in [5.41, 5.74) is 2.33. The van der Waals surface area contributed by atoms with Crippen LogP contribution >= 0.6 is 23.2 Å². The van der Waals surface area contributed by atoms with Crippen LogP contribution in [0.5, 0.6) is 5.75 Å². The van der Waals surface area contributed by atoms with Crippen LogP contribution in [0.15, 0.2) is 36.4 Å². The summed E-state index contributed by atoms with van der Waals surface area (Å²) in [6.45, 7) is 11.3. The van der Waals surface area contributed by atoms with Crippen molar-refractivity contribution >= 4 is 35.0 Å². The Kier molecular flexibility index (Phi) is 8.38. The van der Waals surface area contributed by atoms with Crippen LogP contribution in [0, 0.1) is 13.8 Å². The molecule has 5 nitrogen and oxygen atoms in total. The third-order valence-corrected chi connectivity index (χ3v) is 5.44. The summed E-state index contributed by atoms with van der Waals surface area (Å²) in [5.74, 6) is 0.103. The van der Waals surface area contributed by atoms with Crippen molar-refractivity contribution in [3.8, 4) is 5.75 Å². The smallest absolute Gasteiger partial charge is 0.261 e. The van der Waals surface area contributed by atoms with Crippen molar-refractivity contribution < 1.29 is 14.3 Å².